The number of hydrogen-bond acceptors (Lipinski definition) is 3. The van der Waals surface area contributed by atoms with Crippen LogP contribution in [0.3, 0.4) is 0 Å². The van der Waals surface area contributed by atoms with Gasteiger partial charge in [-0.15, -0.1) is 0 Å². The number of nitrogens with two attached hydrogens (primary N) is 1. The number of rotatable bonds is 4. The van der Waals surface area contributed by atoms with Gasteiger partial charge < -0.3 is 4.74 Å². The van der Waals surface area contributed by atoms with E-state index in [1.807, 2.05) is 13.8 Å². The molecule has 0 aliphatic carbocycles. The van der Waals surface area contributed by atoms with Crippen molar-refractivity contribution in [3.8, 4) is 5.75 Å². The van der Waals surface area contributed by atoms with E-state index in [0.29, 0.717) is 11.3 Å². The molecule has 1 aromatic rings. The lowest BCUT2D eigenvalue weighted by Gasteiger charge is -2.11. The molecule has 0 spiro atoms. The second-order valence-electron chi connectivity index (χ2n) is 3.23. The summed E-state index contributed by atoms with van der Waals surface area (Å²) in [5.74, 6) is 5.15. The van der Waals surface area contributed by atoms with Gasteiger partial charge in [-0.3, -0.25) is 4.84 Å². The molecule has 14 heavy (non-hydrogen) atoms. The smallest absolute Gasteiger partial charge is 0.129 e. The van der Waals surface area contributed by atoms with Crippen LogP contribution in [0.4, 0.5) is 4.39 Å². The van der Waals surface area contributed by atoms with Crippen LogP contribution in [0.5, 0.6) is 5.75 Å². The Hall–Kier alpha value is -1.13. The summed E-state index contributed by atoms with van der Waals surface area (Å²) in [4.78, 5) is 4.37. The lowest BCUT2D eigenvalue weighted by molar-refractivity contribution is 0.121. The Bertz CT molecular complexity index is 302. The predicted molar refractivity (Wildman–Crippen MR) is 51.1 cm³/mol. The molecule has 0 unspecified atom stereocenters. The Kier molecular flexibility index (Phi) is 3.85. The highest BCUT2D eigenvalue weighted by atomic mass is 19.1. The zero-order valence-electron chi connectivity index (χ0n) is 8.29. The molecule has 0 fully saturated rings. The topological polar surface area (TPSA) is 44.5 Å². The van der Waals surface area contributed by atoms with Crippen molar-refractivity contribution >= 4 is 0 Å². The summed E-state index contributed by atoms with van der Waals surface area (Å²) < 4.78 is 18.5. The molecule has 0 saturated carbocycles. The van der Waals surface area contributed by atoms with Crippen molar-refractivity contribution in [3.63, 3.8) is 0 Å². The van der Waals surface area contributed by atoms with Gasteiger partial charge in [0, 0.05) is 5.56 Å². The van der Waals surface area contributed by atoms with Gasteiger partial charge in [0.25, 0.3) is 0 Å². The quantitative estimate of drug-likeness (QED) is 0.754. The minimum atomic E-state index is -0.341. The Morgan fingerprint density at radius 3 is 2.71 bits per heavy atom. The number of ether oxygens (including phenoxy) is 1. The molecule has 78 valence electrons. The molecule has 0 heterocycles. The molecule has 3 nitrogen and oxygen atoms in total. The van der Waals surface area contributed by atoms with Crippen molar-refractivity contribution in [1.29, 1.82) is 0 Å². The maximum atomic E-state index is 13.1. The van der Waals surface area contributed by atoms with Crippen LogP contribution in [0.1, 0.15) is 19.4 Å². The first kappa shape index (κ1) is 10.9. The maximum Gasteiger partial charge on any atom is 0.129 e. The van der Waals surface area contributed by atoms with Crippen molar-refractivity contribution in [3.05, 3.63) is 29.6 Å². The molecule has 0 saturated heterocycles. The summed E-state index contributed by atoms with van der Waals surface area (Å²) in [6.07, 6.45) is 0.0621. The van der Waals surface area contributed by atoms with Gasteiger partial charge in [0.05, 0.1) is 12.7 Å². The van der Waals surface area contributed by atoms with Gasteiger partial charge in [0.15, 0.2) is 0 Å². The number of hydrogen-bond donors (Lipinski definition) is 1. The Morgan fingerprint density at radius 1 is 1.43 bits per heavy atom. The average molecular weight is 199 g/mol. The van der Waals surface area contributed by atoms with Crippen LogP contribution in [-0.4, -0.2) is 6.10 Å². The summed E-state index contributed by atoms with van der Waals surface area (Å²) in [5, 5.41) is 0. The van der Waals surface area contributed by atoms with Crippen LogP contribution in [-0.2, 0) is 11.4 Å². The second kappa shape index (κ2) is 4.93. The van der Waals surface area contributed by atoms with E-state index >= 15 is 0 Å². The largest absolute Gasteiger partial charge is 0.491 e. The van der Waals surface area contributed by atoms with Crippen molar-refractivity contribution in [2.45, 2.75) is 26.6 Å². The maximum absolute atomic E-state index is 13.1. The van der Waals surface area contributed by atoms with E-state index in [1.165, 1.54) is 6.07 Å². The van der Waals surface area contributed by atoms with Crippen LogP contribution < -0.4 is 10.6 Å². The van der Waals surface area contributed by atoms with Crippen molar-refractivity contribution in [2.24, 2.45) is 5.90 Å². The van der Waals surface area contributed by atoms with Crippen LogP contribution in [0, 0.1) is 5.82 Å². The van der Waals surface area contributed by atoms with Gasteiger partial charge in [-0.05, 0) is 32.0 Å². The van der Waals surface area contributed by atoms with Crippen LogP contribution in [0.25, 0.3) is 0 Å². The summed E-state index contributed by atoms with van der Waals surface area (Å²) in [5.41, 5.74) is 0.394. The van der Waals surface area contributed by atoms with Crippen molar-refractivity contribution in [2.75, 3.05) is 0 Å². The van der Waals surface area contributed by atoms with E-state index in [4.69, 9.17) is 10.6 Å². The minimum Gasteiger partial charge on any atom is -0.491 e. The van der Waals surface area contributed by atoms with E-state index in [9.17, 15) is 4.39 Å². The summed E-state index contributed by atoms with van der Waals surface area (Å²) in [7, 11) is 0. The normalized spacial score (nSPS) is 10.6. The van der Waals surface area contributed by atoms with E-state index in [0.717, 1.165) is 0 Å². The molecular formula is C10H14FNO2. The first-order chi connectivity index (χ1) is 6.63. The third-order valence-electron chi connectivity index (χ3n) is 1.63. The van der Waals surface area contributed by atoms with E-state index in [-0.39, 0.29) is 18.5 Å². The molecule has 2 N–H and O–H groups in total. The molecule has 4 heteroatoms. The molecule has 0 aromatic heterocycles. The lowest BCUT2D eigenvalue weighted by atomic mass is 10.2. The van der Waals surface area contributed by atoms with E-state index in [1.54, 1.807) is 12.1 Å². The summed E-state index contributed by atoms with van der Waals surface area (Å²) >= 11 is 0. The summed E-state index contributed by atoms with van der Waals surface area (Å²) in [6, 6.07) is 4.50. The van der Waals surface area contributed by atoms with Crippen LogP contribution in [0.2, 0.25) is 0 Å². The molecule has 0 bridgehead atoms. The standard InChI is InChI=1S/C10H14FNO2/c1-7(2)14-9-3-4-10(11)8(5-9)6-13-12/h3-5,7H,6,12H2,1-2H3. The Balaban J connectivity index is 2.83. The van der Waals surface area contributed by atoms with E-state index in [2.05, 4.69) is 4.84 Å². The van der Waals surface area contributed by atoms with Crippen LogP contribution in [0.15, 0.2) is 18.2 Å². The van der Waals surface area contributed by atoms with Crippen molar-refractivity contribution in [1.82, 2.24) is 0 Å². The van der Waals surface area contributed by atoms with Gasteiger partial charge in [-0.2, -0.15) is 0 Å². The zero-order valence-corrected chi connectivity index (χ0v) is 8.29. The fourth-order valence-corrected chi connectivity index (χ4v) is 1.10. The molecule has 0 aliphatic heterocycles. The molecule has 0 amide bonds. The number of benzene rings is 1. The first-order valence-corrected chi connectivity index (χ1v) is 4.40. The van der Waals surface area contributed by atoms with Crippen molar-refractivity contribution < 1.29 is 14.0 Å². The second-order valence-corrected chi connectivity index (χ2v) is 3.23. The molecule has 1 aromatic carbocycles. The molecule has 1 rings (SSSR count). The van der Waals surface area contributed by atoms with Gasteiger partial charge in [0.2, 0.25) is 0 Å². The van der Waals surface area contributed by atoms with Gasteiger partial charge >= 0.3 is 0 Å². The summed E-state index contributed by atoms with van der Waals surface area (Å²) in [6.45, 7) is 3.85. The minimum absolute atomic E-state index is 0.0428. The first-order valence-electron chi connectivity index (χ1n) is 4.40. The molecular weight excluding hydrogens is 185 g/mol. The highest BCUT2D eigenvalue weighted by Crippen LogP contribution is 2.18. The highest BCUT2D eigenvalue weighted by molar-refractivity contribution is 5.29. The van der Waals surface area contributed by atoms with Gasteiger partial charge in [-0.25, -0.2) is 10.3 Å². The SMILES string of the molecule is CC(C)Oc1ccc(F)c(CON)c1. The molecule has 0 aliphatic rings. The van der Waals surface area contributed by atoms with Gasteiger partial charge in [-0.1, -0.05) is 0 Å². The van der Waals surface area contributed by atoms with E-state index < -0.39 is 0 Å². The fourth-order valence-electron chi connectivity index (χ4n) is 1.10. The Labute approximate surface area is 82.6 Å². The number of halogens is 1. The zero-order chi connectivity index (χ0) is 10.6. The monoisotopic (exact) mass is 199 g/mol. The average Bonchev–Trinajstić information content (AvgIpc) is 2.10. The predicted octanol–water partition coefficient (Wildman–Crippen LogP) is 2.00. The third kappa shape index (κ3) is 2.97. The third-order valence-corrected chi connectivity index (χ3v) is 1.63. The van der Waals surface area contributed by atoms with Gasteiger partial charge in [0.1, 0.15) is 11.6 Å². The Morgan fingerprint density at radius 2 is 2.14 bits per heavy atom. The molecule has 0 atom stereocenters. The fraction of sp³-hybridized carbons (Fsp3) is 0.400. The molecule has 0 radical (unpaired) electrons. The highest BCUT2D eigenvalue weighted by Gasteiger charge is 2.05. The van der Waals surface area contributed by atoms with Crippen LogP contribution >= 0.6 is 0 Å². The lowest BCUT2D eigenvalue weighted by Crippen LogP contribution is -2.07.